The molecule has 0 bridgehead atoms. The molecule has 0 spiro atoms. The van der Waals surface area contributed by atoms with Crippen LogP contribution in [0.15, 0.2) is 54.6 Å². The van der Waals surface area contributed by atoms with Gasteiger partial charge in [-0.25, -0.2) is 9.80 Å². The fourth-order valence-electron chi connectivity index (χ4n) is 5.04. The van der Waals surface area contributed by atoms with Gasteiger partial charge in [0.15, 0.2) is 6.29 Å². The number of hydrogen-bond acceptors (Lipinski definition) is 4. The Bertz CT molecular complexity index is 1050. The highest BCUT2D eigenvalue weighted by molar-refractivity contribution is 6.30. The molecule has 2 aliphatic heterocycles. The normalized spacial score (nSPS) is 24.5. The van der Waals surface area contributed by atoms with Crippen molar-refractivity contribution in [3.63, 3.8) is 0 Å². The SMILES string of the molecule is O=C(CN1NC2N(Cc3ccccc3)C(=O)C3CCCCC3N2C1=O)Nc1ccc(Cl)cc1. The van der Waals surface area contributed by atoms with E-state index in [9.17, 15) is 14.4 Å². The minimum atomic E-state index is -0.604. The lowest BCUT2D eigenvalue weighted by molar-refractivity contribution is -0.157. The highest BCUT2D eigenvalue weighted by Gasteiger charge is 2.54. The number of rotatable bonds is 5. The molecule has 2 saturated heterocycles. The molecule has 3 fully saturated rings. The molecule has 1 saturated carbocycles. The number of carbonyl (C=O) groups is 3. The van der Waals surface area contributed by atoms with E-state index in [0.29, 0.717) is 17.3 Å². The van der Waals surface area contributed by atoms with Crippen molar-refractivity contribution in [3.05, 3.63) is 65.2 Å². The highest BCUT2D eigenvalue weighted by atomic mass is 35.5. The van der Waals surface area contributed by atoms with E-state index in [1.807, 2.05) is 30.3 Å². The number of halogens is 1. The Hall–Kier alpha value is -3.10. The van der Waals surface area contributed by atoms with Crippen LogP contribution >= 0.6 is 11.6 Å². The lowest BCUT2D eigenvalue weighted by atomic mass is 9.81. The van der Waals surface area contributed by atoms with Gasteiger partial charge >= 0.3 is 6.03 Å². The number of anilines is 1. The topological polar surface area (TPSA) is 85.0 Å². The van der Waals surface area contributed by atoms with Crippen LogP contribution in [0.25, 0.3) is 0 Å². The molecule has 5 rings (SSSR count). The molecule has 2 heterocycles. The Morgan fingerprint density at radius 3 is 2.52 bits per heavy atom. The zero-order valence-corrected chi connectivity index (χ0v) is 18.9. The summed E-state index contributed by atoms with van der Waals surface area (Å²) in [7, 11) is 0. The monoisotopic (exact) mass is 467 g/mol. The maximum atomic E-state index is 13.5. The summed E-state index contributed by atoms with van der Waals surface area (Å²) in [6.45, 7) is 0.231. The van der Waals surface area contributed by atoms with E-state index in [1.165, 1.54) is 5.01 Å². The first-order valence-corrected chi connectivity index (χ1v) is 11.6. The molecule has 33 heavy (non-hydrogen) atoms. The van der Waals surface area contributed by atoms with Gasteiger partial charge in [-0.2, -0.15) is 5.43 Å². The summed E-state index contributed by atoms with van der Waals surface area (Å²) in [4.78, 5) is 43.0. The number of hydrogen-bond donors (Lipinski definition) is 2. The second-order valence-corrected chi connectivity index (χ2v) is 9.18. The van der Waals surface area contributed by atoms with Gasteiger partial charge < -0.3 is 10.2 Å². The van der Waals surface area contributed by atoms with Crippen LogP contribution in [0.4, 0.5) is 10.5 Å². The highest BCUT2D eigenvalue weighted by Crippen LogP contribution is 2.38. The molecule has 3 atom stereocenters. The molecule has 0 radical (unpaired) electrons. The molecular weight excluding hydrogens is 442 g/mol. The average molecular weight is 468 g/mol. The molecular formula is C24H26ClN5O3. The largest absolute Gasteiger partial charge is 0.337 e. The number of urea groups is 1. The molecule has 2 aromatic carbocycles. The molecule has 2 N–H and O–H groups in total. The van der Waals surface area contributed by atoms with Crippen molar-refractivity contribution < 1.29 is 14.4 Å². The van der Waals surface area contributed by atoms with Crippen LogP contribution in [0.3, 0.4) is 0 Å². The number of hydrazine groups is 1. The third kappa shape index (κ3) is 4.28. The maximum absolute atomic E-state index is 13.5. The molecule has 2 aromatic rings. The van der Waals surface area contributed by atoms with E-state index in [1.54, 1.807) is 34.1 Å². The van der Waals surface area contributed by atoms with Crippen LogP contribution in [0.5, 0.6) is 0 Å². The first-order valence-electron chi connectivity index (χ1n) is 11.3. The average Bonchev–Trinajstić information content (AvgIpc) is 3.14. The van der Waals surface area contributed by atoms with Gasteiger partial charge in [0.1, 0.15) is 6.54 Å². The maximum Gasteiger partial charge on any atom is 0.337 e. The Kier molecular flexibility index (Phi) is 5.95. The van der Waals surface area contributed by atoms with Gasteiger partial charge in [-0.1, -0.05) is 54.8 Å². The van der Waals surface area contributed by atoms with Crippen molar-refractivity contribution in [2.75, 3.05) is 11.9 Å². The minimum absolute atomic E-state index is 0.0672. The van der Waals surface area contributed by atoms with Gasteiger partial charge in [0.2, 0.25) is 11.8 Å². The Labute approximate surface area is 197 Å². The number of carbonyl (C=O) groups excluding carboxylic acids is 3. The smallest absolute Gasteiger partial charge is 0.324 e. The molecule has 9 heteroatoms. The zero-order chi connectivity index (χ0) is 22.9. The van der Waals surface area contributed by atoms with Crippen molar-refractivity contribution in [2.45, 2.75) is 44.6 Å². The molecule has 0 aromatic heterocycles. The van der Waals surface area contributed by atoms with Gasteiger partial charge in [0, 0.05) is 23.3 Å². The van der Waals surface area contributed by atoms with E-state index in [4.69, 9.17) is 11.6 Å². The number of nitrogens with one attached hydrogen (secondary N) is 2. The zero-order valence-electron chi connectivity index (χ0n) is 18.1. The lowest BCUT2D eigenvalue weighted by Crippen LogP contribution is -2.65. The summed E-state index contributed by atoms with van der Waals surface area (Å²) < 4.78 is 0. The van der Waals surface area contributed by atoms with Crippen LogP contribution in [-0.4, -0.2) is 51.5 Å². The molecule has 4 amide bonds. The predicted octanol–water partition coefficient (Wildman–Crippen LogP) is 3.41. The third-order valence-corrected chi connectivity index (χ3v) is 6.85. The van der Waals surface area contributed by atoms with E-state index < -0.39 is 6.29 Å². The van der Waals surface area contributed by atoms with Gasteiger partial charge in [-0.15, -0.1) is 0 Å². The van der Waals surface area contributed by atoms with Gasteiger partial charge in [-0.05, 0) is 42.7 Å². The first-order chi connectivity index (χ1) is 16.0. The first kappa shape index (κ1) is 21.7. The summed E-state index contributed by atoms with van der Waals surface area (Å²) in [5.41, 5.74) is 4.73. The van der Waals surface area contributed by atoms with Crippen LogP contribution in [0.2, 0.25) is 5.02 Å². The van der Waals surface area contributed by atoms with E-state index in [-0.39, 0.29) is 36.3 Å². The minimum Gasteiger partial charge on any atom is -0.324 e. The van der Waals surface area contributed by atoms with Crippen molar-refractivity contribution >= 4 is 35.1 Å². The van der Waals surface area contributed by atoms with Crippen LogP contribution in [-0.2, 0) is 16.1 Å². The quantitative estimate of drug-likeness (QED) is 0.705. The van der Waals surface area contributed by atoms with E-state index >= 15 is 0 Å². The molecule has 172 valence electrons. The van der Waals surface area contributed by atoms with Crippen molar-refractivity contribution in [1.82, 2.24) is 20.2 Å². The van der Waals surface area contributed by atoms with E-state index in [0.717, 1.165) is 31.2 Å². The van der Waals surface area contributed by atoms with Gasteiger partial charge in [0.25, 0.3) is 0 Å². The van der Waals surface area contributed by atoms with Crippen molar-refractivity contribution in [2.24, 2.45) is 5.92 Å². The van der Waals surface area contributed by atoms with Crippen molar-refractivity contribution in [3.8, 4) is 0 Å². The molecule has 8 nitrogen and oxygen atoms in total. The standard InChI is InChI=1S/C24H26ClN5O3/c25-17-10-12-18(13-11-17)26-21(31)15-29-24(33)30-20-9-5-4-8-19(20)22(32)28(23(30)27-29)14-16-6-2-1-3-7-16/h1-3,6-7,10-13,19-20,23,27H,4-5,8-9,14-15H2,(H,26,31). The summed E-state index contributed by atoms with van der Waals surface area (Å²) in [5.74, 6) is -0.468. The molecule has 3 aliphatic rings. The Morgan fingerprint density at radius 2 is 1.76 bits per heavy atom. The summed E-state index contributed by atoms with van der Waals surface area (Å²) >= 11 is 5.90. The second kappa shape index (κ2) is 9.03. The molecule has 3 unspecified atom stereocenters. The summed E-state index contributed by atoms with van der Waals surface area (Å²) in [6, 6.07) is 16.1. The van der Waals surface area contributed by atoms with Crippen molar-refractivity contribution in [1.29, 1.82) is 0 Å². The summed E-state index contributed by atoms with van der Waals surface area (Å²) in [5, 5.41) is 4.68. The van der Waals surface area contributed by atoms with Crippen LogP contribution in [0.1, 0.15) is 31.2 Å². The third-order valence-electron chi connectivity index (χ3n) is 6.59. The van der Waals surface area contributed by atoms with Crippen LogP contribution < -0.4 is 10.7 Å². The fraction of sp³-hybridized carbons (Fsp3) is 0.375. The van der Waals surface area contributed by atoms with Crippen LogP contribution in [0, 0.1) is 5.92 Å². The number of nitrogens with zero attached hydrogens (tertiary/aromatic N) is 3. The van der Waals surface area contributed by atoms with Gasteiger partial charge in [0.05, 0.1) is 5.92 Å². The number of amides is 4. The second-order valence-electron chi connectivity index (χ2n) is 8.74. The Morgan fingerprint density at radius 1 is 1.03 bits per heavy atom. The lowest BCUT2D eigenvalue weighted by Gasteiger charge is -2.48. The number of fused-ring (bicyclic) bond motifs is 3. The summed E-state index contributed by atoms with van der Waals surface area (Å²) in [6.07, 6.45) is 2.94. The fourth-order valence-corrected chi connectivity index (χ4v) is 5.17. The number of benzene rings is 2. The predicted molar refractivity (Wildman–Crippen MR) is 124 cm³/mol. The molecule has 1 aliphatic carbocycles. The van der Waals surface area contributed by atoms with E-state index in [2.05, 4.69) is 10.7 Å². The van der Waals surface area contributed by atoms with Gasteiger partial charge in [-0.3, -0.25) is 14.5 Å². The Balaban J connectivity index is 1.35.